The Morgan fingerprint density at radius 3 is 2.72 bits per heavy atom. The van der Waals surface area contributed by atoms with Crippen molar-refractivity contribution in [2.45, 2.75) is 39.0 Å². The molecule has 0 aromatic carbocycles. The fourth-order valence-corrected chi connectivity index (χ4v) is 3.27. The third-order valence-electron chi connectivity index (χ3n) is 5.18. The molecule has 0 saturated heterocycles. The van der Waals surface area contributed by atoms with Crippen LogP contribution in [0.2, 0.25) is 0 Å². The SMILES string of the molecule is CCC(O)c1cc(C)c(-c2cc3cnc(NC(=O)[C@@H]4C[C@@H]4F)cc3[nH]c2=O)cn1. The van der Waals surface area contributed by atoms with Crippen molar-refractivity contribution >= 4 is 22.6 Å². The van der Waals surface area contributed by atoms with E-state index in [1.54, 1.807) is 30.6 Å². The van der Waals surface area contributed by atoms with E-state index in [1.807, 2.05) is 13.8 Å². The van der Waals surface area contributed by atoms with Gasteiger partial charge in [-0.2, -0.15) is 0 Å². The van der Waals surface area contributed by atoms with Gasteiger partial charge in [0, 0.05) is 35.0 Å². The van der Waals surface area contributed by atoms with Crippen molar-refractivity contribution in [3.63, 3.8) is 0 Å². The number of halogens is 1. The second-order valence-electron chi connectivity index (χ2n) is 7.36. The quantitative estimate of drug-likeness (QED) is 0.614. The van der Waals surface area contributed by atoms with Crippen molar-refractivity contribution < 1.29 is 14.3 Å². The highest BCUT2D eigenvalue weighted by Gasteiger charge is 2.43. The van der Waals surface area contributed by atoms with E-state index in [2.05, 4.69) is 20.3 Å². The number of amides is 1. The lowest BCUT2D eigenvalue weighted by atomic mass is 10.0. The van der Waals surface area contributed by atoms with Crippen molar-refractivity contribution in [1.82, 2.24) is 15.0 Å². The number of aliphatic hydroxyl groups is 1. The minimum absolute atomic E-state index is 0.237. The molecule has 3 aromatic rings. The smallest absolute Gasteiger partial charge is 0.256 e. The van der Waals surface area contributed by atoms with E-state index >= 15 is 0 Å². The van der Waals surface area contributed by atoms with Crippen molar-refractivity contribution in [1.29, 1.82) is 0 Å². The summed E-state index contributed by atoms with van der Waals surface area (Å²) in [6.45, 7) is 3.73. The number of pyridine rings is 3. The van der Waals surface area contributed by atoms with E-state index in [1.165, 1.54) is 0 Å². The maximum absolute atomic E-state index is 13.0. The zero-order chi connectivity index (χ0) is 20.7. The number of hydrogen-bond acceptors (Lipinski definition) is 5. The lowest BCUT2D eigenvalue weighted by molar-refractivity contribution is -0.117. The average Bonchev–Trinajstić information content (AvgIpc) is 3.44. The summed E-state index contributed by atoms with van der Waals surface area (Å²) in [5.41, 5.74) is 2.71. The van der Waals surface area contributed by atoms with Crippen LogP contribution in [-0.2, 0) is 4.79 Å². The average molecular weight is 396 g/mol. The van der Waals surface area contributed by atoms with E-state index in [9.17, 15) is 19.1 Å². The van der Waals surface area contributed by atoms with Gasteiger partial charge in [-0.15, -0.1) is 0 Å². The number of fused-ring (bicyclic) bond motifs is 1. The van der Waals surface area contributed by atoms with E-state index < -0.39 is 24.1 Å². The number of carbonyl (C=O) groups excluding carboxylic acids is 1. The van der Waals surface area contributed by atoms with Gasteiger partial charge in [0.15, 0.2) is 0 Å². The molecule has 150 valence electrons. The maximum Gasteiger partial charge on any atom is 0.256 e. The van der Waals surface area contributed by atoms with Gasteiger partial charge in [-0.05, 0) is 37.5 Å². The zero-order valence-corrected chi connectivity index (χ0v) is 16.1. The molecule has 3 aromatic heterocycles. The number of H-pyrrole nitrogens is 1. The molecule has 1 fully saturated rings. The molecule has 0 radical (unpaired) electrons. The summed E-state index contributed by atoms with van der Waals surface area (Å²) in [7, 11) is 0. The number of anilines is 1. The Morgan fingerprint density at radius 2 is 2.07 bits per heavy atom. The highest BCUT2D eigenvalue weighted by atomic mass is 19.1. The summed E-state index contributed by atoms with van der Waals surface area (Å²) in [6.07, 6.45) is 2.20. The topological polar surface area (TPSA) is 108 Å². The van der Waals surface area contributed by atoms with Gasteiger partial charge in [0.05, 0.1) is 23.2 Å². The molecule has 1 amide bonds. The number of carbonyl (C=O) groups is 1. The molecule has 29 heavy (non-hydrogen) atoms. The Labute approximate surface area is 166 Å². The van der Waals surface area contributed by atoms with Crippen molar-refractivity contribution in [2.24, 2.45) is 5.92 Å². The van der Waals surface area contributed by atoms with Gasteiger partial charge in [0.1, 0.15) is 12.0 Å². The minimum atomic E-state index is -1.08. The molecule has 1 unspecified atom stereocenters. The number of aromatic amines is 1. The highest BCUT2D eigenvalue weighted by molar-refractivity contribution is 5.95. The van der Waals surface area contributed by atoms with E-state index in [4.69, 9.17) is 0 Å². The number of nitrogens with one attached hydrogen (secondary N) is 2. The fourth-order valence-electron chi connectivity index (χ4n) is 3.27. The van der Waals surface area contributed by atoms with Crippen LogP contribution in [-0.4, -0.2) is 32.1 Å². The summed E-state index contributed by atoms with van der Waals surface area (Å²) in [5, 5.41) is 13.2. The van der Waals surface area contributed by atoms with Crippen LogP contribution in [0.4, 0.5) is 10.2 Å². The third-order valence-corrected chi connectivity index (χ3v) is 5.18. The predicted molar refractivity (Wildman–Crippen MR) is 107 cm³/mol. The van der Waals surface area contributed by atoms with Gasteiger partial charge in [-0.25, -0.2) is 9.37 Å². The Kier molecular flexibility index (Phi) is 4.87. The number of aryl methyl sites for hydroxylation is 1. The summed E-state index contributed by atoms with van der Waals surface area (Å²) >= 11 is 0. The van der Waals surface area contributed by atoms with Crippen LogP contribution in [0.5, 0.6) is 0 Å². The van der Waals surface area contributed by atoms with Crippen molar-refractivity contribution in [3.8, 4) is 11.1 Å². The van der Waals surface area contributed by atoms with Gasteiger partial charge in [-0.1, -0.05) is 6.92 Å². The van der Waals surface area contributed by atoms with Crippen LogP contribution in [0.1, 0.15) is 37.1 Å². The number of nitrogens with zero attached hydrogens (tertiary/aromatic N) is 2. The highest BCUT2D eigenvalue weighted by Crippen LogP contribution is 2.34. The first-order chi connectivity index (χ1) is 13.9. The molecule has 4 rings (SSSR count). The lowest BCUT2D eigenvalue weighted by Gasteiger charge is -2.11. The molecule has 7 nitrogen and oxygen atoms in total. The van der Waals surface area contributed by atoms with E-state index in [-0.39, 0.29) is 17.8 Å². The van der Waals surface area contributed by atoms with Gasteiger partial charge < -0.3 is 15.4 Å². The molecule has 3 atom stereocenters. The first kappa shape index (κ1) is 19.2. The Bertz CT molecular complexity index is 1160. The first-order valence-corrected chi connectivity index (χ1v) is 9.50. The Morgan fingerprint density at radius 1 is 1.31 bits per heavy atom. The van der Waals surface area contributed by atoms with E-state index in [0.717, 1.165) is 5.56 Å². The lowest BCUT2D eigenvalue weighted by Crippen LogP contribution is -2.16. The van der Waals surface area contributed by atoms with Gasteiger partial charge in [0.25, 0.3) is 5.56 Å². The monoisotopic (exact) mass is 396 g/mol. The number of hydrogen-bond donors (Lipinski definition) is 3. The maximum atomic E-state index is 13.0. The summed E-state index contributed by atoms with van der Waals surface area (Å²) < 4.78 is 13.0. The normalized spacial score (nSPS) is 19.2. The van der Waals surface area contributed by atoms with Crippen LogP contribution >= 0.6 is 0 Å². The largest absolute Gasteiger partial charge is 0.387 e. The molecule has 1 saturated carbocycles. The molecule has 3 heterocycles. The second kappa shape index (κ2) is 7.36. The number of aromatic nitrogens is 3. The predicted octanol–water partition coefficient (Wildman–Crippen LogP) is 3.03. The summed E-state index contributed by atoms with van der Waals surface area (Å²) in [6, 6.07) is 5.05. The van der Waals surface area contributed by atoms with Gasteiger partial charge in [-0.3, -0.25) is 14.6 Å². The zero-order valence-electron chi connectivity index (χ0n) is 16.1. The Balaban J connectivity index is 1.66. The number of alkyl halides is 1. The summed E-state index contributed by atoms with van der Waals surface area (Å²) in [4.78, 5) is 35.8. The van der Waals surface area contributed by atoms with Crippen LogP contribution in [0.3, 0.4) is 0 Å². The van der Waals surface area contributed by atoms with Crippen molar-refractivity contribution in [2.75, 3.05) is 5.32 Å². The first-order valence-electron chi connectivity index (χ1n) is 9.50. The van der Waals surface area contributed by atoms with Gasteiger partial charge >= 0.3 is 0 Å². The van der Waals surface area contributed by atoms with Crippen LogP contribution in [0.25, 0.3) is 22.0 Å². The molecule has 0 bridgehead atoms. The standard InChI is InChI=1S/C21H21FN4O3/c1-3-18(27)17-4-10(2)14(9-23-17)12-5-11-8-24-19(7-16(11)25-20(12)28)26-21(29)13-6-15(13)22/h4-5,7-9,13,15,18,27H,3,6H2,1-2H3,(H,25,28)(H,24,26,29)/t13-,15+,18?/m1/s1. The van der Waals surface area contributed by atoms with Gasteiger partial charge in [0.2, 0.25) is 5.91 Å². The number of aliphatic hydroxyl groups excluding tert-OH is 1. The molecular weight excluding hydrogens is 375 g/mol. The number of rotatable bonds is 5. The molecule has 1 aliphatic carbocycles. The minimum Gasteiger partial charge on any atom is -0.387 e. The molecule has 1 aliphatic rings. The molecule has 0 aliphatic heterocycles. The molecule has 8 heteroatoms. The van der Waals surface area contributed by atoms with Crippen LogP contribution in [0.15, 0.2) is 35.4 Å². The molecular formula is C21H21FN4O3. The molecule has 0 spiro atoms. The Hall–Kier alpha value is -3.13. The third kappa shape index (κ3) is 3.75. The van der Waals surface area contributed by atoms with Crippen LogP contribution < -0.4 is 10.9 Å². The van der Waals surface area contributed by atoms with Crippen molar-refractivity contribution in [3.05, 3.63) is 52.2 Å². The fraction of sp³-hybridized carbons (Fsp3) is 0.333. The summed E-state index contributed by atoms with van der Waals surface area (Å²) in [5.74, 6) is -0.751. The van der Waals surface area contributed by atoms with E-state index in [0.29, 0.717) is 34.1 Å². The van der Waals surface area contributed by atoms with Crippen LogP contribution in [0, 0.1) is 12.8 Å². The second-order valence-corrected chi connectivity index (χ2v) is 7.36. The molecule has 3 N–H and O–H groups in total.